The number of nitrogens with zero attached hydrogens (tertiary/aromatic N) is 3. The molecule has 0 N–H and O–H groups in total. The maximum Gasteiger partial charge on any atom is 0.0973 e. The van der Waals surface area contributed by atoms with E-state index >= 15 is 0 Å². The summed E-state index contributed by atoms with van der Waals surface area (Å²) in [6.07, 6.45) is 0. The van der Waals surface area contributed by atoms with E-state index in [4.69, 9.17) is 9.97 Å². The Morgan fingerprint density at radius 2 is 0.982 bits per heavy atom. The van der Waals surface area contributed by atoms with Crippen LogP contribution in [0.2, 0.25) is 0 Å². The van der Waals surface area contributed by atoms with Crippen molar-refractivity contribution in [2.24, 2.45) is 0 Å². The lowest BCUT2D eigenvalue weighted by molar-refractivity contribution is 1.18. The summed E-state index contributed by atoms with van der Waals surface area (Å²) in [7, 11) is 0. The highest BCUT2D eigenvalue weighted by atomic mass is 32.1. The molecule has 9 aromatic carbocycles. The molecule has 3 aromatic heterocycles. The van der Waals surface area contributed by atoms with Crippen molar-refractivity contribution >= 4 is 85.9 Å². The highest BCUT2D eigenvalue weighted by Crippen LogP contribution is 2.46. The van der Waals surface area contributed by atoms with E-state index in [0.29, 0.717) is 0 Å². The minimum Gasteiger partial charge on any atom is -0.309 e. The van der Waals surface area contributed by atoms with Crippen LogP contribution < -0.4 is 0 Å². The van der Waals surface area contributed by atoms with Gasteiger partial charge in [0, 0.05) is 47.8 Å². The maximum atomic E-state index is 5.20. The van der Waals surface area contributed by atoms with Gasteiger partial charge in [0.05, 0.1) is 33.5 Å². The molecule has 12 rings (SSSR count). The van der Waals surface area contributed by atoms with Crippen molar-refractivity contribution in [3.05, 3.63) is 188 Å². The SMILES string of the molecule is c1ccc(-c2nc3ccccc3nc2-c2ccc(-n3c4cc5sc6ccc7ccccc7c6c5cc4c4c5ccccc5c(-c5ccccc5)cc43)cc2)cc1. The van der Waals surface area contributed by atoms with Crippen LogP contribution in [0, 0.1) is 0 Å². The van der Waals surface area contributed by atoms with Gasteiger partial charge in [-0.3, -0.25) is 0 Å². The molecule has 0 bridgehead atoms. The fourth-order valence-electron chi connectivity index (χ4n) is 8.82. The van der Waals surface area contributed by atoms with Gasteiger partial charge in [0.1, 0.15) is 0 Å². The molecule has 0 aliphatic rings. The van der Waals surface area contributed by atoms with Gasteiger partial charge in [0.25, 0.3) is 0 Å². The average molecular weight is 730 g/mol. The molecule has 260 valence electrons. The molecule has 0 aliphatic carbocycles. The zero-order valence-electron chi connectivity index (χ0n) is 30.1. The summed E-state index contributed by atoms with van der Waals surface area (Å²) in [4.78, 5) is 10.3. The van der Waals surface area contributed by atoms with Crippen LogP contribution in [0.3, 0.4) is 0 Å². The molecule has 0 saturated carbocycles. The Kier molecular flexibility index (Phi) is 6.80. The molecule has 0 aliphatic heterocycles. The first kappa shape index (κ1) is 31.2. The van der Waals surface area contributed by atoms with E-state index in [0.717, 1.165) is 39.2 Å². The van der Waals surface area contributed by atoms with Crippen LogP contribution in [-0.4, -0.2) is 14.5 Å². The summed E-state index contributed by atoms with van der Waals surface area (Å²) in [5.74, 6) is 0. The quantitative estimate of drug-likeness (QED) is 0.181. The highest BCUT2D eigenvalue weighted by Gasteiger charge is 2.21. The molecular formula is C52H31N3S. The van der Waals surface area contributed by atoms with Crippen molar-refractivity contribution in [2.45, 2.75) is 0 Å². The van der Waals surface area contributed by atoms with E-state index in [2.05, 4.69) is 162 Å². The Morgan fingerprint density at radius 3 is 1.71 bits per heavy atom. The first-order valence-corrected chi connectivity index (χ1v) is 19.8. The van der Waals surface area contributed by atoms with Crippen LogP contribution in [0.4, 0.5) is 0 Å². The fraction of sp³-hybridized carbons (Fsp3) is 0. The van der Waals surface area contributed by atoms with E-state index in [9.17, 15) is 0 Å². The molecule has 0 radical (unpaired) electrons. The van der Waals surface area contributed by atoms with Crippen molar-refractivity contribution in [3.8, 4) is 39.3 Å². The largest absolute Gasteiger partial charge is 0.309 e. The predicted octanol–water partition coefficient (Wildman–Crippen LogP) is 14.4. The molecule has 12 aromatic rings. The zero-order valence-corrected chi connectivity index (χ0v) is 31.0. The number of thiophene rings is 1. The molecule has 0 unspecified atom stereocenters. The predicted molar refractivity (Wildman–Crippen MR) is 238 cm³/mol. The van der Waals surface area contributed by atoms with E-state index in [1.165, 1.54) is 74.6 Å². The van der Waals surface area contributed by atoms with Gasteiger partial charge in [-0.2, -0.15) is 0 Å². The van der Waals surface area contributed by atoms with Crippen molar-refractivity contribution in [1.29, 1.82) is 0 Å². The normalized spacial score (nSPS) is 11.9. The summed E-state index contributed by atoms with van der Waals surface area (Å²) in [6.45, 7) is 0. The second kappa shape index (κ2) is 12.2. The molecule has 3 nitrogen and oxygen atoms in total. The molecular weight excluding hydrogens is 699 g/mol. The van der Waals surface area contributed by atoms with Crippen molar-refractivity contribution in [3.63, 3.8) is 0 Å². The van der Waals surface area contributed by atoms with Gasteiger partial charge in [0.15, 0.2) is 0 Å². The summed E-state index contributed by atoms with van der Waals surface area (Å²) < 4.78 is 5.07. The van der Waals surface area contributed by atoms with Crippen molar-refractivity contribution in [1.82, 2.24) is 14.5 Å². The Labute approximate surface area is 326 Å². The first-order valence-electron chi connectivity index (χ1n) is 19.0. The molecule has 0 fully saturated rings. The molecule has 0 amide bonds. The number of fused-ring (bicyclic) bond motifs is 11. The minimum absolute atomic E-state index is 0.875. The number of hydrogen-bond acceptors (Lipinski definition) is 3. The van der Waals surface area contributed by atoms with Gasteiger partial charge >= 0.3 is 0 Å². The van der Waals surface area contributed by atoms with E-state index in [1.807, 2.05) is 41.7 Å². The fourth-order valence-corrected chi connectivity index (χ4v) is 9.95. The van der Waals surface area contributed by atoms with E-state index < -0.39 is 0 Å². The topological polar surface area (TPSA) is 30.7 Å². The van der Waals surface area contributed by atoms with Crippen LogP contribution in [0.15, 0.2) is 188 Å². The molecule has 56 heavy (non-hydrogen) atoms. The van der Waals surface area contributed by atoms with Crippen LogP contribution in [0.5, 0.6) is 0 Å². The van der Waals surface area contributed by atoms with Crippen LogP contribution in [-0.2, 0) is 0 Å². The molecule has 0 atom stereocenters. The molecule has 0 saturated heterocycles. The number of benzene rings is 9. The van der Waals surface area contributed by atoms with Gasteiger partial charge in [-0.25, -0.2) is 9.97 Å². The highest BCUT2D eigenvalue weighted by molar-refractivity contribution is 7.26. The molecule has 0 spiro atoms. The van der Waals surface area contributed by atoms with Crippen LogP contribution >= 0.6 is 11.3 Å². The van der Waals surface area contributed by atoms with Crippen LogP contribution in [0.1, 0.15) is 0 Å². The Hall–Kier alpha value is -7.14. The Morgan fingerprint density at radius 1 is 0.375 bits per heavy atom. The minimum atomic E-state index is 0.875. The number of aromatic nitrogens is 3. The zero-order chi connectivity index (χ0) is 36.7. The lowest BCUT2D eigenvalue weighted by Crippen LogP contribution is -1.97. The standard InChI is InChI=1S/C52H31N3S/c1-3-13-32(14-4-1)40-30-46-49(39-20-10-9-19-38(39)40)41-29-42-48(56-47-28-25-33-15-7-8-18-37(33)50(42)47)31-45(41)55(46)36-26-23-35(24-27-36)52-51(34-16-5-2-6-17-34)53-43-21-11-12-22-44(43)54-52/h1-31H. The third kappa shape index (κ3) is 4.70. The van der Waals surface area contributed by atoms with Crippen LogP contribution in [0.25, 0.3) is 114 Å². The summed E-state index contributed by atoms with van der Waals surface area (Å²) in [5.41, 5.74) is 11.5. The summed E-state index contributed by atoms with van der Waals surface area (Å²) in [5, 5.41) is 10.3. The van der Waals surface area contributed by atoms with E-state index in [1.54, 1.807) is 0 Å². The van der Waals surface area contributed by atoms with E-state index in [-0.39, 0.29) is 0 Å². The lowest BCUT2D eigenvalue weighted by Gasteiger charge is -2.14. The summed E-state index contributed by atoms with van der Waals surface area (Å²) >= 11 is 1.88. The molecule has 4 heteroatoms. The molecule has 3 heterocycles. The van der Waals surface area contributed by atoms with Gasteiger partial charge in [-0.05, 0) is 81.2 Å². The van der Waals surface area contributed by atoms with Crippen molar-refractivity contribution in [2.75, 3.05) is 0 Å². The first-order chi connectivity index (χ1) is 27.8. The third-order valence-electron chi connectivity index (χ3n) is 11.4. The Balaban J connectivity index is 1.15. The monoisotopic (exact) mass is 729 g/mol. The third-order valence-corrected chi connectivity index (χ3v) is 12.5. The van der Waals surface area contributed by atoms with Gasteiger partial charge in [-0.1, -0.05) is 140 Å². The number of hydrogen-bond donors (Lipinski definition) is 0. The number of para-hydroxylation sites is 2. The van der Waals surface area contributed by atoms with Gasteiger partial charge in [0.2, 0.25) is 0 Å². The maximum absolute atomic E-state index is 5.20. The number of rotatable bonds is 4. The summed E-state index contributed by atoms with van der Waals surface area (Å²) in [6, 6.07) is 67.7. The lowest BCUT2D eigenvalue weighted by atomic mass is 9.94. The second-order valence-electron chi connectivity index (χ2n) is 14.5. The smallest absolute Gasteiger partial charge is 0.0973 e. The van der Waals surface area contributed by atoms with Gasteiger partial charge in [-0.15, -0.1) is 11.3 Å². The van der Waals surface area contributed by atoms with Gasteiger partial charge < -0.3 is 4.57 Å². The Bertz CT molecular complexity index is 3510. The van der Waals surface area contributed by atoms with Crippen molar-refractivity contribution < 1.29 is 0 Å². The average Bonchev–Trinajstić information content (AvgIpc) is 3.80. The second-order valence-corrected chi connectivity index (χ2v) is 15.6.